The van der Waals surface area contributed by atoms with Gasteiger partial charge in [-0.15, -0.1) is 0 Å². The van der Waals surface area contributed by atoms with Gasteiger partial charge in [0.15, 0.2) is 0 Å². The summed E-state index contributed by atoms with van der Waals surface area (Å²) in [6, 6.07) is 19.2. The molecule has 3 amide bonds. The zero-order valence-electron chi connectivity index (χ0n) is 15.8. The molecule has 0 radical (unpaired) electrons. The Hall–Kier alpha value is -3.15. The molecule has 1 atom stereocenters. The fraction of sp³-hybridized carbons (Fsp3) is 0.318. The fourth-order valence-electron chi connectivity index (χ4n) is 3.26. The van der Waals surface area contributed by atoms with E-state index in [4.69, 9.17) is 0 Å². The molecule has 6 heteroatoms. The maximum Gasteiger partial charge on any atom is 0.227 e. The second-order valence-corrected chi connectivity index (χ2v) is 6.87. The summed E-state index contributed by atoms with van der Waals surface area (Å²) in [6.07, 6.45) is 1.32. The molecular weight excluding hydrogens is 354 g/mol. The second kappa shape index (κ2) is 9.69. The van der Waals surface area contributed by atoms with Gasteiger partial charge in [-0.2, -0.15) is 0 Å². The summed E-state index contributed by atoms with van der Waals surface area (Å²) in [6.45, 7) is 1.12. The number of benzene rings is 2. The van der Waals surface area contributed by atoms with E-state index in [9.17, 15) is 14.4 Å². The Morgan fingerprint density at radius 1 is 0.929 bits per heavy atom. The lowest BCUT2D eigenvalue weighted by molar-refractivity contribution is -0.126. The Kier molecular flexibility index (Phi) is 6.78. The van der Waals surface area contributed by atoms with Crippen molar-refractivity contribution in [2.24, 2.45) is 5.92 Å². The quantitative estimate of drug-likeness (QED) is 0.688. The van der Waals surface area contributed by atoms with Crippen molar-refractivity contribution in [3.63, 3.8) is 0 Å². The highest BCUT2D eigenvalue weighted by molar-refractivity contribution is 6.00. The Morgan fingerprint density at radius 3 is 2.29 bits per heavy atom. The van der Waals surface area contributed by atoms with E-state index in [-0.39, 0.29) is 30.1 Å². The van der Waals surface area contributed by atoms with E-state index in [0.29, 0.717) is 32.5 Å². The van der Waals surface area contributed by atoms with Gasteiger partial charge in [0.1, 0.15) is 0 Å². The van der Waals surface area contributed by atoms with Crippen LogP contribution in [0.1, 0.15) is 18.4 Å². The molecule has 28 heavy (non-hydrogen) atoms. The fourth-order valence-corrected chi connectivity index (χ4v) is 3.26. The zero-order valence-corrected chi connectivity index (χ0v) is 15.8. The summed E-state index contributed by atoms with van der Waals surface area (Å²) < 4.78 is 0. The molecule has 0 spiro atoms. The molecule has 2 N–H and O–H groups in total. The van der Waals surface area contributed by atoms with Crippen molar-refractivity contribution in [2.75, 3.05) is 24.5 Å². The number of hydrogen-bond donors (Lipinski definition) is 2. The summed E-state index contributed by atoms with van der Waals surface area (Å²) in [4.78, 5) is 38.0. The smallest absolute Gasteiger partial charge is 0.227 e. The van der Waals surface area contributed by atoms with Gasteiger partial charge in [0.25, 0.3) is 0 Å². The molecule has 146 valence electrons. The maximum absolute atomic E-state index is 12.3. The molecule has 3 rings (SSSR count). The molecule has 1 heterocycles. The number of hydrogen-bond acceptors (Lipinski definition) is 3. The van der Waals surface area contributed by atoms with Crippen molar-refractivity contribution >= 4 is 23.4 Å². The van der Waals surface area contributed by atoms with Gasteiger partial charge in [-0.05, 0) is 24.1 Å². The minimum atomic E-state index is -0.360. The molecule has 1 saturated heterocycles. The van der Waals surface area contributed by atoms with Crippen LogP contribution in [0.25, 0.3) is 0 Å². The minimum Gasteiger partial charge on any atom is -0.354 e. The van der Waals surface area contributed by atoms with E-state index in [2.05, 4.69) is 10.6 Å². The highest BCUT2D eigenvalue weighted by Crippen LogP contribution is 2.24. The number of carbonyl (C=O) groups is 3. The minimum absolute atomic E-state index is 0.0376. The second-order valence-electron chi connectivity index (χ2n) is 6.87. The molecule has 1 aliphatic heterocycles. The van der Waals surface area contributed by atoms with Crippen LogP contribution in [-0.4, -0.2) is 37.4 Å². The van der Waals surface area contributed by atoms with Crippen LogP contribution in [0.3, 0.4) is 0 Å². The number of amides is 3. The van der Waals surface area contributed by atoms with Crippen molar-refractivity contribution in [2.45, 2.75) is 19.3 Å². The molecular formula is C22H25N3O3. The van der Waals surface area contributed by atoms with Gasteiger partial charge < -0.3 is 15.5 Å². The zero-order chi connectivity index (χ0) is 19.8. The Bertz CT molecular complexity index is 808. The number of nitrogens with zero attached hydrogens (tertiary/aromatic N) is 1. The van der Waals surface area contributed by atoms with Gasteiger partial charge in [-0.25, -0.2) is 0 Å². The van der Waals surface area contributed by atoms with Gasteiger partial charge in [-0.1, -0.05) is 48.5 Å². The molecule has 1 fully saturated rings. The van der Waals surface area contributed by atoms with Crippen LogP contribution in [0.4, 0.5) is 5.69 Å². The van der Waals surface area contributed by atoms with Crippen LogP contribution in [0.15, 0.2) is 60.7 Å². The topological polar surface area (TPSA) is 78.5 Å². The average Bonchev–Trinajstić information content (AvgIpc) is 3.13. The number of para-hydroxylation sites is 1. The molecule has 0 bridgehead atoms. The Balaban J connectivity index is 1.34. The number of aryl methyl sites for hydroxylation is 1. The number of rotatable bonds is 8. The van der Waals surface area contributed by atoms with Crippen molar-refractivity contribution in [1.82, 2.24) is 10.6 Å². The summed E-state index contributed by atoms with van der Waals surface area (Å²) in [7, 11) is 0. The molecule has 0 aromatic heterocycles. The van der Waals surface area contributed by atoms with Gasteiger partial charge >= 0.3 is 0 Å². The third-order valence-electron chi connectivity index (χ3n) is 4.79. The lowest BCUT2D eigenvalue weighted by Crippen LogP contribution is -2.38. The summed E-state index contributed by atoms with van der Waals surface area (Å²) in [5.41, 5.74) is 1.94. The summed E-state index contributed by atoms with van der Waals surface area (Å²) >= 11 is 0. The lowest BCUT2D eigenvalue weighted by Gasteiger charge is -2.16. The molecule has 2 aromatic carbocycles. The average molecular weight is 379 g/mol. The first-order chi connectivity index (χ1) is 13.6. The predicted molar refractivity (Wildman–Crippen MR) is 108 cm³/mol. The van der Waals surface area contributed by atoms with Crippen LogP contribution in [-0.2, 0) is 20.8 Å². The first kappa shape index (κ1) is 19.6. The van der Waals surface area contributed by atoms with Crippen LogP contribution >= 0.6 is 0 Å². The van der Waals surface area contributed by atoms with E-state index in [0.717, 1.165) is 11.3 Å². The van der Waals surface area contributed by atoms with Crippen LogP contribution in [0.5, 0.6) is 0 Å². The van der Waals surface area contributed by atoms with Gasteiger partial charge in [-0.3, -0.25) is 14.4 Å². The van der Waals surface area contributed by atoms with E-state index < -0.39 is 0 Å². The van der Waals surface area contributed by atoms with Crippen molar-refractivity contribution in [3.8, 4) is 0 Å². The van der Waals surface area contributed by atoms with Gasteiger partial charge in [0.05, 0.1) is 5.92 Å². The third-order valence-corrected chi connectivity index (χ3v) is 4.79. The van der Waals surface area contributed by atoms with Gasteiger partial charge in [0, 0.05) is 38.2 Å². The third kappa shape index (κ3) is 5.42. The first-order valence-electron chi connectivity index (χ1n) is 9.57. The van der Waals surface area contributed by atoms with Crippen LogP contribution < -0.4 is 15.5 Å². The number of nitrogens with one attached hydrogen (secondary N) is 2. The maximum atomic E-state index is 12.3. The molecule has 0 aliphatic carbocycles. The highest BCUT2D eigenvalue weighted by Gasteiger charge is 2.34. The number of carbonyl (C=O) groups excluding carboxylic acids is 3. The molecule has 1 aliphatic rings. The monoisotopic (exact) mass is 379 g/mol. The number of anilines is 1. The van der Waals surface area contributed by atoms with Gasteiger partial charge in [0.2, 0.25) is 17.7 Å². The molecule has 0 saturated carbocycles. The van der Waals surface area contributed by atoms with E-state index >= 15 is 0 Å². The molecule has 2 aromatic rings. The van der Waals surface area contributed by atoms with Crippen molar-refractivity contribution in [1.29, 1.82) is 0 Å². The van der Waals surface area contributed by atoms with Crippen LogP contribution in [0, 0.1) is 5.92 Å². The lowest BCUT2D eigenvalue weighted by atomic mass is 10.1. The van der Waals surface area contributed by atoms with Crippen molar-refractivity contribution < 1.29 is 14.4 Å². The predicted octanol–water partition coefficient (Wildman–Crippen LogP) is 1.90. The first-order valence-corrected chi connectivity index (χ1v) is 9.57. The van der Waals surface area contributed by atoms with Crippen LogP contribution in [0.2, 0.25) is 0 Å². The molecule has 0 unspecified atom stereocenters. The largest absolute Gasteiger partial charge is 0.354 e. The van der Waals surface area contributed by atoms with E-state index in [1.54, 1.807) is 4.90 Å². The SMILES string of the molecule is O=C(CCc1ccccc1)NCCNC(=O)[C@@H]1CC(=O)N(c2ccccc2)C1. The Morgan fingerprint density at radius 2 is 1.57 bits per heavy atom. The highest BCUT2D eigenvalue weighted by atomic mass is 16.2. The van der Waals surface area contributed by atoms with Crippen molar-refractivity contribution in [3.05, 3.63) is 66.2 Å². The molecule has 6 nitrogen and oxygen atoms in total. The standard InChI is InChI=1S/C22H25N3O3/c26-20(12-11-17-7-3-1-4-8-17)23-13-14-24-22(28)18-15-21(27)25(16-18)19-9-5-2-6-10-19/h1-10,18H,11-16H2,(H,23,26)(H,24,28)/t18-/m1/s1. The normalized spacial score (nSPS) is 16.1. The summed E-state index contributed by atoms with van der Waals surface area (Å²) in [5.74, 6) is -0.586. The Labute approximate surface area is 164 Å². The van der Waals surface area contributed by atoms with E-state index in [1.807, 2.05) is 60.7 Å². The van der Waals surface area contributed by atoms with E-state index in [1.165, 1.54) is 0 Å². The summed E-state index contributed by atoms with van der Waals surface area (Å²) in [5, 5.41) is 5.63.